The van der Waals surface area contributed by atoms with Gasteiger partial charge in [0.05, 0.1) is 17.4 Å². The molecule has 0 unspecified atom stereocenters. The number of nitrogens with zero attached hydrogens (tertiary/aromatic N) is 6. The molecule has 0 bridgehead atoms. The van der Waals surface area contributed by atoms with Crippen molar-refractivity contribution in [2.45, 2.75) is 18.9 Å². The van der Waals surface area contributed by atoms with E-state index in [0.717, 1.165) is 54.1 Å². The van der Waals surface area contributed by atoms with Gasteiger partial charge in [-0.2, -0.15) is 10.2 Å². The van der Waals surface area contributed by atoms with Gasteiger partial charge in [-0.05, 0) is 37.1 Å². The highest BCUT2D eigenvalue weighted by atomic mass is 16.5. The fraction of sp³-hybridized carbons (Fsp3) is 0.263. The van der Waals surface area contributed by atoms with Gasteiger partial charge in [-0.1, -0.05) is 0 Å². The summed E-state index contributed by atoms with van der Waals surface area (Å²) in [5.74, 6) is 0.440. The molecule has 1 aliphatic heterocycles. The number of rotatable bonds is 3. The molecule has 4 aromatic heterocycles. The zero-order valence-electron chi connectivity index (χ0n) is 14.7. The SMILES string of the molecule is Nc1ncnn2c(-c3cccnc3)cc(-c3ccnn3C3CCOCC3)c12. The molecule has 0 aliphatic carbocycles. The first-order valence-corrected chi connectivity index (χ1v) is 8.97. The summed E-state index contributed by atoms with van der Waals surface area (Å²) >= 11 is 0. The first kappa shape index (κ1) is 16.0. The van der Waals surface area contributed by atoms with Crippen molar-refractivity contribution in [3.8, 4) is 22.5 Å². The third-order valence-corrected chi connectivity index (χ3v) is 5.02. The second kappa shape index (κ2) is 6.48. The number of hydrogen-bond acceptors (Lipinski definition) is 6. The standard InChI is InChI=1S/C19H19N7O/c20-19-18-15(16-3-7-23-25(16)14-4-8-27-9-5-14)10-17(26(18)24-12-22-19)13-2-1-6-21-11-13/h1-3,6-7,10-12,14H,4-5,8-9H2,(H2,20,22,24). The van der Waals surface area contributed by atoms with Crippen LogP contribution in [0.5, 0.6) is 0 Å². The highest BCUT2D eigenvalue weighted by Crippen LogP contribution is 2.36. The van der Waals surface area contributed by atoms with Crippen LogP contribution < -0.4 is 5.73 Å². The number of ether oxygens (including phenoxy) is 1. The zero-order chi connectivity index (χ0) is 18.2. The minimum atomic E-state index is 0.311. The Kier molecular flexibility index (Phi) is 3.83. The van der Waals surface area contributed by atoms with Gasteiger partial charge in [-0.3, -0.25) is 9.67 Å². The van der Waals surface area contributed by atoms with Crippen LogP contribution in [0.15, 0.2) is 49.2 Å². The maximum absolute atomic E-state index is 6.25. The number of nitrogen functional groups attached to an aromatic ring is 1. The van der Waals surface area contributed by atoms with Crippen LogP contribution in [0.2, 0.25) is 0 Å². The van der Waals surface area contributed by atoms with Crippen LogP contribution in [-0.2, 0) is 4.74 Å². The lowest BCUT2D eigenvalue weighted by molar-refractivity contribution is 0.0667. The minimum Gasteiger partial charge on any atom is -0.382 e. The van der Waals surface area contributed by atoms with Crippen molar-refractivity contribution in [3.05, 3.63) is 49.2 Å². The number of aromatic nitrogens is 6. The van der Waals surface area contributed by atoms with Crippen LogP contribution in [0.3, 0.4) is 0 Å². The van der Waals surface area contributed by atoms with Gasteiger partial charge in [-0.15, -0.1) is 0 Å². The van der Waals surface area contributed by atoms with Crippen LogP contribution in [-0.4, -0.2) is 42.6 Å². The summed E-state index contributed by atoms with van der Waals surface area (Å²) in [4.78, 5) is 8.44. The average Bonchev–Trinajstić information content (AvgIpc) is 3.35. The molecule has 0 spiro atoms. The molecule has 0 amide bonds. The van der Waals surface area contributed by atoms with E-state index in [2.05, 4.69) is 30.9 Å². The Morgan fingerprint density at radius 2 is 1.96 bits per heavy atom. The molecular formula is C19H19N7O. The van der Waals surface area contributed by atoms with E-state index in [1.54, 1.807) is 6.20 Å². The Morgan fingerprint density at radius 3 is 2.78 bits per heavy atom. The number of fused-ring (bicyclic) bond motifs is 1. The van der Waals surface area contributed by atoms with Crippen LogP contribution in [0.25, 0.3) is 28.0 Å². The summed E-state index contributed by atoms with van der Waals surface area (Å²) in [6.07, 6.45) is 8.77. The van der Waals surface area contributed by atoms with Gasteiger partial charge in [0.25, 0.3) is 0 Å². The zero-order valence-corrected chi connectivity index (χ0v) is 14.7. The third kappa shape index (κ3) is 2.65. The van der Waals surface area contributed by atoms with E-state index in [-0.39, 0.29) is 0 Å². The molecule has 1 fully saturated rings. The fourth-order valence-corrected chi connectivity index (χ4v) is 3.73. The topological polar surface area (TPSA) is 96.1 Å². The second-order valence-electron chi connectivity index (χ2n) is 6.60. The lowest BCUT2D eigenvalue weighted by Gasteiger charge is -2.24. The van der Waals surface area contributed by atoms with Gasteiger partial charge in [0.1, 0.15) is 11.8 Å². The molecular weight excluding hydrogens is 342 g/mol. The predicted octanol–water partition coefficient (Wildman–Crippen LogP) is 2.59. The second-order valence-corrected chi connectivity index (χ2v) is 6.60. The van der Waals surface area contributed by atoms with Crippen molar-refractivity contribution >= 4 is 11.3 Å². The molecule has 0 aromatic carbocycles. The minimum absolute atomic E-state index is 0.311. The van der Waals surface area contributed by atoms with E-state index in [1.807, 2.05) is 35.1 Å². The van der Waals surface area contributed by atoms with E-state index < -0.39 is 0 Å². The van der Waals surface area contributed by atoms with Crippen molar-refractivity contribution in [2.24, 2.45) is 0 Å². The normalized spacial score (nSPS) is 15.4. The summed E-state index contributed by atoms with van der Waals surface area (Å²) in [5, 5.41) is 9.03. The lowest BCUT2D eigenvalue weighted by Crippen LogP contribution is -2.21. The van der Waals surface area contributed by atoms with Crippen LogP contribution in [0.4, 0.5) is 5.82 Å². The number of hydrogen-bond donors (Lipinski definition) is 1. The maximum Gasteiger partial charge on any atom is 0.152 e. The highest BCUT2D eigenvalue weighted by Gasteiger charge is 2.23. The van der Waals surface area contributed by atoms with Gasteiger partial charge in [0, 0.05) is 42.9 Å². The number of pyridine rings is 1. The van der Waals surface area contributed by atoms with Crippen LogP contribution in [0.1, 0.15) is 18.9 Å². The fourth-order valence-electron chi connectivity index (χ4n) is 3.73. The van der Waals surface area contributed by atoms with Gasteiger partial charge < -0.3 is 10.5 Å². The van der Waals surface area contributed by atoms with Gasteiger partial charge in [0.2, 0.25) is 0 Å². The molecule has 1 saturated heterocycles. The molecule has 27 heavy (non-hydrogen) atoms. The molecule has 4 aromatic rings. The maximum atomic E-state index is 6.25. The first-order valence-electron chi connectivity index (χ1n) is 8.97. The summed E-state index contributed by atoms with van der Waals surface area (Å²) in [6, 6.07) is 8.33. The van der Waals surface area contributed by atoms with E-state index >= 15 is 0 Å². The van der Waals surface area contributed by atoms with Crippen molar-refractivity contribution in [3.63, 3.8) is 0 Å². The molecule has 2 N–H and O–H groups in total. The molecule has 0 saturated carbocycles. The van der Waals surface area contributed by atoms with E-state index in [4.69, 9.17) is 10.5 Å². The molecule has 5 rings (SSSR count). The summed E-state index contributed by atoms with van der Waals surface area (Å²) in [5.41, 5.74) is 10.9. The smallest absolute Gasteiger partial charge is 0.152 e. The molecule has 0 atom stereocenters. The molecule has 0 radical (unpaired) electrons. The Bertz CT molecular complexity index is 1080. The summed E-state index contributed by atoms with van der Waals surface area (Å²) < 4.78 is 9.41. The molecule has 8 heteroatoms. The lowest BCUT2D eigenvalue weighted by atomic mass is 10.1. The average molecular weight is 361 g/mol. The van der Waals surface area contributed by atoms with Gasteiger partial charge in [0.15, 0.2) is 5.82 Å². The van der Waals surface area contributed by atoms with E-state index in [1.165, 1.54) is 6.33 Å². The molecule has 136 valence electrons. The quantitative estimate of drug-likeness (QED) is 0.602. The van der Waals surface area contributed by atoms with Crippen LogP contribution in [0, 0.1) is 0 Å². The largest absolute Gasteiger partial charge is 0.382 e. The summed E-state index contributed by atoms with van der Waals surface area (Å²) in [7, 11) is 0. The van der Waals surface area contributed by atoms with E-state index in [9.17, 15) is 0 Å². The Hall–Kier alpha value is -3.26. The third-order valence-electron chi connectivity index (χ3n) is 5.02. The van der Waals surface area contributed by atoms with Crippen molar-refractivity contribution in [1.29, 1.82) is 0 Å². The van der Waals surface area contributed by atoms with Gasteiger partial charge in [-0.25, -0.2) is 9.50 Å². The number of nitrogens with two attached hydrogens (primary N) is 1. The van der Waals surface area contributed by atoms with Crippen molar-refractivity contribution in [1.82, 2.24) is 29.4 Å². The first-order chi connectivity index (χ1) is 13.3. The Balaban J connectivity index is 1.72. The van der Waals surface area contributed by atoms with Crippen molar-refractivity contribution < 1.29 is 4.74 Å². The molecule has 1 aliphatic rings. The predicted molar refractivity (Wildman–Crippen MR) is 101 cm³/mol. The van der Waals surface area contributed by atoms with Crippen molar-refractivity contribution in [2.75, 3.05) is 18.9 Å². The molecule has 8 nitrogen and oxygen atoms in total. The molecule has 5 heterocycles. The Labute approximate surface area is 155 Å². The highest BCUT2D eigenvalue weighted by molar-refractivity contribution is 5.90. The van der Waals surface area contributed by atoms with Gasteiger partial charge >= 0.3 is 0 Å². The Morgan fingerprint density at radius 1 is 1.07 bits per heavy atom. The monoisotopic (exact) mass is 361 g/mol. The van der Waals surface area contributed by atoms with Crippen LogP contribution >= 0.6 is 0 Å². The number of anilines is 1. The van der Waals surface area contributed by atoms with E-state index in [0.29, 0.717) is 11.9 Å². The summed E-state index contributed by atoms with van der Waals surface area (Å²) in [6.45, 7) is 1.51.